The first kappa shape index (κ1) is 13.3. The minimum atomic E-state index is -0.540. The molecule has 0 unspecified atom stereocenters. The molecule has 1 aromatic heterocycles. The second-order valence-electron chi connectivity index (χ2n) is 3.54. The topological polar surface area (TPSA) is 98.5 Å². The van der Waals surface area contributed by atoms with Gasteiger partial charge in [-0.15, -0.1) is 11.8 Å². The number of aromatic nitrogens is 1. The van der Waals surface area contributed by atoms with Crippen molar-refractivity contribution in [1.29, 1.82) is 0 Å². The van der Waals surface area contributed by atoms with Crippen molar-refractivity contribution in [3.63, 3.8) is 0 Å². The maximum Gasteiger partial charge on any atom is 0.406 e. The molecule has 1 aliphatic rings. The number of ether oxygens (including phenoxy) is 1. The number of fused-ring (bicyclic) bond motifs is 1. The van der Waals surface area contributed by atoms with Crippen molar-refractivity contribution >= 4 is 29.4 Å². The van der Waals surface area contributed by atoms with E-state index in [0.717, 1.165) is 0 Å². The largest absolute Gasteiger partial charge is 0.453 e. The Balaban J connectivity index is 1.93. The van der Waals surface area contributed by atoms with Gasteiger partial charge in [0.15, 0.2) is 0 Å². The Bertz CT molecular complexity index is 563. The monoisotopic (exact) mass is 282 g/mol. The number of nitrogens with one attached hydrogen (secondary N) is 1. The molecule has 0 radical (unpaired) electrons. The third kappa shape index (κ3) is 2.84. The first-order valence-electron chi connectivity index (χ1n) is 5.33. The van der Waals surface area contributed by atoms with Gasteiger partial charge in [0.1, 0.15) is 0 Å². The highest BCUT2D eigenvalue weighted by atomic mass is 32.2. The molecule has 0 bridgehead atoms. The Morgan fingerprint density at radius 3 is 3.05 bits per heavy atom. The molecule has 100 valence electrons. The SMILES string of the molecule is COC(=O)NCCSC1=CC(=O)c2oncc2C1=O. The number of thioether (sulfide) groups is 1. The summed E-state index contributed by atoms with van der Waals surface area (Å²) in [4.78, 5) is 34.7. The predicted molar refractivity (Wildman–Crippen MR) is 66.1 cm³/mol. The maximum atomic E-state index is 12.0. The summed E-state index contributed by atoms with van der Waals surface area (Å²) in [6.07, 6.45) is 1.91. The molecule has 0 fully saturated rings. The number of hydrogen-bond donors (Lipinski definition) is 1. The number of allylic oxidation sites excluding steroid dienone is 2. The minimum absolute atomic E-state index is 0.0259. The van der Waals surface area contributed by atoms with E-state index in [1.165, 1.54) is 31.1 Å². The van der Waals surface area contributed by atoms with E-state index in [2.05, 4.69) is 15.2 Å². The summed E-state index contributed by atoms with van der Waals surface area (Å²) in [6, 6.07) is 0. The molecular formula is C11H10N2O5S. The average Bonchev–Trinajstić information content (AvgIpc) is 2.89. The van der Waals surface area contributed by atoms with Crippen LogP contribution >= 0.6 is 11.8 Å². The van der Waals surface area contributed by atoms with Crippen LogP contribution in [0.15, 0.2) is 21.7 Å². The van der Waals surface area contributed by atoms with E-state index in [4.69, 9.17) is 4.52 Å². The Morgan fingerprint density at radius 2 is 2.32 bits per heavy atom. The van der Waals surface area contributed by atoms with Crippen LogP contribution in [0.1, 0.15) is 20.9 Å². The van der Waals surface area contributed by atoms with Crippen molar-refractivity contribution in [3.8, 4) is 0 Å². The molecule has 1 aliphatic carbocycles. The van der Waals surface area contributed by atoms with Crippen molar-refractivity contribution in [1.82, 2.24) is 10.5 Å². The number of Topliss-reactive ketones (excluding diaryl/α,β-unsaturated/α-hetero) is 1. The zero-order valence-electron chi connectivity index (χ0n) is 9.97. The zero-order chi connectivity index (χ0) is 13.8. The minimum Gasteiger partial charge on any atom is -0.453 e. The number of amides is 1. The fraction of sp³-hybridized carbons (Fsp3) is 0.273. The fourth-order valence-corrected chi connectivity index (χ4v) is 2.31. The van der Waals surface area contributed by atoms with Crippen LogP contribution in [0.4, 0.5) is 4.79 Å². The molecule has 0 saturated heterocycles. The van der Waals surface area contributed by atoms with Gasteiger partial charge in [-0.05, 0) is 0 Å². The normalized spacial score (nSPS) is 13.8. The Morgan fingerprint density at radius 1 is 1.53 bits per heavy atom. The van der Waals surface area contributed by atoms with Crippen LogP contribution in [0, 0.1) is 0 Å². The number of carbonyl (C=O) groups is 3. The second-order valence-corrected chi connectivity index (χ2v) is 4.67. The smallest absolute Gasteiger partial charge is 0.406 e. The number of methoxy groups -OCH3 is 1. The molecule has 0 aliphatic heterocycles. The first-order chi connectivity index (χ1) is 9.13. The lowest BCUT2D eigenvalue weighted by atomic mass is 10.0. The van der Waals surface area contributed by atoms with Gasteiger partial charge in [-0.25, -0.2) is 4.79 Å². The summed E-state index contributed by atoms with van der Waals surface area (Å²) in [6.45, 7) is 0.326. The van der Waals surface area contributed by atoms with Gasteiger partial charge in [-0.2, -0.15) is 0 Å². The second kappa shape index (κ2) is 5.70. The van der Waals surface area contributed by atoms with E-state index >= 15 is 0 Å². The zero-order valence-corrected chi connectivity index (χ0v) is 10.8. The molecule has 8 heteroatoms. The van der Waals surface area contributed by atoms with Crippen molar-refractivity contribution < 1.29 is 23.6 Å². The van der Waals surface area contributed by atoms with E-state index in [1.807, 2.05) is 0 Å². The van der Waals surface area contributed by atoms with Crippen LogP contribution in [0.2, 0.25) is 0 Å². The number of carbonyl (C=O) groups excluding carboxylic acids is 3. The summed E-state index contributed by atoms with van der Waals surface area (Å²) in [5.74, 6) is -0.253. The van der Waals surface area contributed by atoms with E-state index in [1.54, 1.807) is 0 Å². The van der Waals surface area contributed by atoms with E-state index in [-0.39, 0.29) is 22.9 Å². The van der Waals surface area contributed by atoms with Gasteiger partial charge in [0.2, 0.25) is 17.3 Å². The lowest BCUT2D eigenvalue weighted by molar-refractivity contribution is 0.0967. The van der Waals surface area contributed by atoms with Gasteiger partial charge in [0.25, 0.3) is 0 Å². The van der Waals surface area contributed by atoms with Gasteiger partial charge in [0, 0.05) is 18.4 Å². The first-order valence-corrected chi connectivity index (χ1v) is 6.32. The van der Waals surface area contributed by atoms with Crippen molar-refractivity contribution in [2.24, 2.45) is 0 Å². The van der Waals surface area contributed by atoms with Crippen LogP contribution in [-0.2, 0) is 4.74 Å². The lowest BCUT2D eigenvalue weighted by Crippen LogP contribution is -2.25. The molecule has 1 amide bonds. The van der Waals surface area contributed by atoms with Crippen LogP contribution in [0.3, 0.4) is 0 Å². The molecule has 19 heavy (non-hydrogen) atoms. The Labute approximate surface area is 112 Å². The van der Waals surface area contributed by atoms with Crippen molar-refractivity contribution in [2.75, 3.05) is 19.4 Å². The molecule has 1 N–H and O–H groups in total. The van der Waals surface area contributed by atoms with Gasteiger partial charge >= 0.3 is 6.09 Å². The molecule has 0 spiro atoms. The fourth-order valence-electron chi connectivity index (χ4n) is 1.46. The number of nitrogens with zero attached hydrogens (tertiary/aromatic N) is 1. The van der Waals surface area contributed by atoms with Crippen LogP contribution < -0.4 is 5.32 Å². The van der Waals surface area contributed by atoms with Crippen LogP contribution in [-0.4, -0.2) is 42.2 Å². The Hall–Kier alpha value is -2.09. The molecule has 1 heterocycles. The standard InChI is InChI=1S/C11H10N2O5S/c1-17-11(16)12-2-3-19-8-4-7(14)10-6(9(8)15)5-13-18-10/h4-5H,2-3H2,1H3,(H,12,16). The van der Waals surface area contributed by atoms with Gasteiger partial charge < -0.3 is 14.6 Å². The summed E-state index contributed by atoms with van der Waals surface area (Å²) in [5.41, 5.74) is 0.177. The Kier molecular flexibility index (Phi) is 4.00. The number of hydrogen-bond acceptors (Lipinski definition) is 7. The molecule has 1 aromatic rings. The molecule has 7 nitrogen and oxygen atoms in total. The number of ketones is 2. The molecule has 0 aromatic carbocycles. The number of alkyl carbamates (subject to hydrolysis) is 1. The van der Waals surface area contributed by atoms with Crippen LogP contribution in [0.25, 0.3) is 0 Å². The van der Waals surface area contributed by atoms with Crippen LogP contribution in [0.5, 0.6) is 0 Å². The van der Waals surface area contributed by atoms with Gasteiger partial charge in [0.05, 0.1) is 23.8 Å². The summed E-state index contributed by atoms with van der Waals surface area (Å²) < 4.78 is 9.11. The van der Waals surface area contributed by atoms with E-state index in [0.29, 0.717) is 17.2 Å². The highest BCUT2D eigenvalue weighted by molar-refractivity contribution is 8.04. The van der Waals surface area contributed by atoms with Gasteiger partial charge in [-0.3, -0.25) is 9.59 Å². The molecule has 2 rings (SSSR count). The average molecular weight is 282 g/mol. The predicted octanol–water partition coefficient (Wildman–Crippen LogP) is 1.03. The quantitative estimate of drug-likeness (QED) is 0.823. The third-order valence-corrected chi connectivity index (χ3v) is 3.36. The lowest BCUT2D eigenvalue weighted by Gasteiger charge is -2.09. The summed E-state index contributed by atoms with van der Waals surface area (Å²) in [5, 5.41) is 5.91. The summed E-state index contributed by atoms with van der Waals surface area (Å²) in [7, 11) is 1.27. The third-order valence-electron chi connectivity index (χ3n) is 2.34. The van der Waals surface area contributed by atoms with E-state index in [9.17, 15) is 14.4 Å². The highest BCUT2D eigenvalue weighted by Gasteiger charge is 2.29. The van der Waals surface area contributed by atoms with E-state index < -0.39 is 6.09 Å². The summed E-state index contributed by atoms with van der Waals surface area (Å²) >= 11 is 1.18. The highest BCUT2D eigenvalue weighted by Crippen LogP contribution is 2.27. The molecular weight excluding hydrogens is 272 g/mol. The van der Waals surface area contributed by atoms with Gasteiger partial charge in [-0.1, -0.05) is 5.16 Å². The number of rotatable bonds is 4. The molecule has 0 atom stereocenters. The van der Waals surface area contributed by atoms with Crippen molar-refractivity contribution in [3.05, 3.63) is 28.5 Å². The maximum absolute atomic E-state index is 12.0. The molecule has 0 saturated carbocycles. The van der Waals surface area contributed by atoms with Crippen molar-refractivity contribution in [2.45, 2.75) is 0 Å².